The van der Waals surface area contributed by atoms with Gasteiger partial charge in [-0.25, -0.2) is 0 Å². The predicted octanol–water partition coefficient (Wildman–Crippen LogP) is 0.143. The van der Waals surface area contributed by atoms with Crippen LogP contribution in [0.4, 0.5) is 0 Å². The van der Waals surface area contributed by atoms with Gasteiger partial charge in [0.2, 0.25) is 0 Å². The molecule has 0 radical (unpaired) electrons. The van der Waals surface area contributed by atoms with Crippen LogP contribution in [0.1, 0.15) is 26.2 Å². The second-order valence-corrected chi connectivity index (χ2v) is 8.12. The maximum Gasteiger partial charge on any atom is 0.251 e. The molecular weight excluding hydrogens is 340 g/mol. The summed E-state index contributed by atoms with van der Waals surface area (Å²) < 4.78 is 5.52. The molecule has 7 nitrogen and oxygen atoms in total. The third-order valence-corrected chi connectivity index (χ3v) is 6.27. The summed E-state index contributed by atoms with van der Waals surface area (Å²) in [6.07, 6.45) is 2.40. The fourth-order valence-electron chi connectivity index (χ4n) is 3.48. The topological polar surface area (TPSA) is 77.4 Å². The summed E-state index contributed by atoms with van der Waals surface area (Å²) in [6, 6.07) is 0. The fraction of sp³-hybridized carbons (Fsp3) is 0.882. The third kappa shape index (κ3) is 4.80. The van der Waals surface area contributed by atoms with Gasteiger partial charge in [0.1, 0.15) is 6.10 Å². The fourth-order valence-corrected chi connectivity index (χ4v) is 4.77. The van der Waals surface area contributed by atoms with Crippen LogP contribution < -0.4 is 5.32 Å². The predicted molar refractivity (Wildman–Crippen MR) is 100.0 cm³/mol. The van der Waals surface area contributed by atoms with Crippen molar-refractivity contribution in [2.75, 3.05) is 57.4 Å². The van der Waals surface area contributed by atoms with Gasteiger partial charge < -0.3 is 25.0 Å². The lowest BCUT2D eigenvalue weighted by Gasteiger charge is -2.37. The van der Waals surface area contributed by atoms with E-state index < -0.39 is 5.60 Å². The summed E-state index contributed by atoms with van der Waals surface area (Å²) in [4.78, 5) is 21.2. The van der Waals surface area contributed by atoms with E-state index in [4.69, 9.17) is 4.74 Å². The molecule has 3 saturated heterocycles. The average Bonchev–Trinajstić information content (AvgIpc) is 3.30. The summed E-state index contributed by atoms with van der Waals surface area (Å²) >= 11 is 1.79. The zero-order valence-corrected chi connectivity index (χ0v) is 15.9. The number of rotatable bonds is 4. The van der Waals surface area contributed by atoms with Gasteiger partial charge in [0.25, 0.3) is 5.91 Å². The number of carbonyl (C=O) groups excluding carboxylic acids is 1. The van der Waals surface area contributed by atoms with Crippen molar-refractivity contribution in [1.82, 2.24) is 15.1 Å². The molecule has 2 unspecified atom stereocenters. The standard InChI is InChI=1S/C17H30N4O3S/c1-2-18-16(19-12-17(23)5-11-25-13-17)21-8-6-20(7-9-21)15(22)14-4-3-10-24-14/h14,23H,2-13H2,1H3,(H,18,19). The Morgan fingerprint density at radius 3 is 2.72 bits per heavy atom. The van der Waals surface area contributed by atoms with Gasteiger partial charge in [0.15, 0.2) is 5.96 Å². The largest absolute Gasteiger partial charge is 0.387 e. The van der Waals surface area contributed by atoms with E-state index in [-0.39, 0.29) is 12.0 Å². The van der Waals surface area contributed by atoms with Crippen LogP contribution in [0.25, 0.3) is 0 Å². The summed E-state index contributed by atoms with van der Waals surface area (Å²) in [6.45, 7) is 6.90. The van der Waals surface area contributed by atoms with Crippen LogP contribution in [0.15, 0.2) is 4.99 Å². The van der Waals surface area contributed by atoms with Gasteiger partial charge >= 0.3 is 0 Å². The van der Waals surface area contributed by atoms with Crippen molar-refractivity contribution >= 4 is 23.6 Å². The van der Waals surface area contributed by atoms with Crippen LogP contribution in [0.5, 0.6) is 0 Å². The molecule has 0 bridgehead atoms. The van der Waals surface area contributed by atoms with Gasteiger partial charge in [-0.1, -0.05) is 0 Å². The highest BCUT2D eigenvalue weighted by Crippen LogP contribution is 2.28. The lowest BCUT2D eigenvalue weighted by Crippen LogP contribution is -2.55. The molecule has 3 rings (SSSR count). The van der Waals surface area contributed by atoms with Gasteiger partial charge in [0.05, 0.1) is 12.1 Å². The minimum absolute atomic E-state index is 0.136. The molecule has 8 heteroatoms. The number of nitrogens with zero attached hydrogens (tertiary/aromatic N) is 3. The van der Waals surface area contributed by atoms with Gasteiger partial charge in [-0.2, -0.15) is 11.8 Å². The monoisotopic (exact) mass is 370 g/mol. The Balaban J connectivity index is 1.53. The Kier molecular flexibility index (Phi) is 6.46. The number of amides is 1. The van der Waals surface area contributed by atoms with Crippen LogP contribution >= 0.6 is 11.8 Å². The second-order valence-electron chi connectivity index (χ2n) is 7.01. The number of hydrogen-bond acceptors (Lipinski definition) is 5. The highest BCUT2D eigenvalue weighted by Gasteiger charge is 2.33. The van der Waals surface area contributed by atoms with Crippen LogP contribution in [0, 0.1) is 0 Å². The van der Waals surface area contributed by atoms with Gasteiger partial charge in [-0.15, -0.1) is 0 Å². The quantitative estimate of drug-likeness (QED) is 0.542. The smallest absolute Gasteiger partial charge is 0.251 e. The number of aliphatic imine (C=N–C) groups is 1. The van der Waals surface area contributed by atoms with Crippen molar-refractivity contribution in [3.63, 3.8) is 0 Å². The Labute approximate surface area is 154 Å². The van der Waals surface area contributed by atoms with E-state index in [1.165, 1.54) is 0 Å². The molecule has 0 aromatic rings. The van der Waals surface area contributed by atoms with E-state index in [1.54, 1.807) is 11.8 Å². The first-order chi connectivity index (χ1) is 12.1. The number of ether oxygens (including phenoxy) is 1. The molecule has 142 valence electrons. The van der Waals surface area contributed by atoms with E-state index in [0.29, 0.717) is 26.2 Å². The molecule has 0 saturated carbocycles. The molecule has 0 aromatic carbocycles. The normalized spacial score (nSPS) is 30.8. The van der Waals surface area contributed by atoms with E-state index >= 15 is 0 Å². The molecule has 0 spiro atoms. The van der Waals surface area contributed by atoms with E-state index in [2.05, 4.69) is 15.2 Å². The Bertz CT molecular complexity index is 482. The number of guanidine groups is 1. The van der Waals surface area contributed by atoms with E-state index in [1.807, 2.05) is 11.8 Å². The van der Waals surface area contributed by atoms with Crippen LogP contribution in [0.2, 0.25) is 0 Å². The Morgan fingerprint density at radius 2 is 2.12 bits per heavy atom. The Morgan fingerprint density at radius 1 is 1.36 bits per heavy atom. The first kappa shape index (κ1) is 18.8. The minimum Gasteiger partial charge on any atom is -0.387 e. The minimum atomic E-state index is -0.664. The number of hydrogen-bond donors (Lipinski definition) is 2. The van der Waals surface area contributed by atoms with Crippen LogP contribution in [-0.2, 0) is 9.53 Å². The van der Waals surface area contributed by atoms with Crippen LogP contribution in [-0.4, -0.2) is 95.9 Å². The van der Waals surface area contributed by atoms with Crippen molar-refractivity contribution in [1.29, 1.82) is 0 Å². The molecule has 3 fully saturated rings. The summed E-state index contributed by atoms with van der Waals surface area (Å²) in [5.74, 6) is 2.75. The van der Waals surface area contributed by atoms with Gasteiger partial charge in [0, 0.05) is 45.1 Å². The number of aliphatic hydroxyl groups is 1. The zero-order valence-electron chi connectivity index (χ0n) is 15.1. The van der Waals surface area contributed by atoms with E-state index in [9.17, 15) is 9.90 Å². The molecule has 0 aliphatic carbocycles. The zero-order chi connectivity index (χ0) is 17.7. The lowest BCUT2D eigenvalue weighted by atomic mass is 10.0. The molecule has 1 amide bonds. The molecule has 2 atom stereocenters. The molecule has 3 heterocycles. The average molecular weight is 371 g/mol. The van der Waals surface area contributed by atoms with Crippen molar-refractivity contribution in [2.24, 2.45) is 4.99 Å². The number of nitrogens with one attached hydrogen (secondary N) is 1. The molecule has 3 aliphatic heterocycles. The summed E-state index contributed by atoms with van der Waals surface area (Å²) in [5.41, 5.74) is -0.664. The highest BCUT2D eigenvalue weighted by molar-refractivity contribution is 7.99. The third-order valence-electron chi connectivity index (χ3n) is 5.04. The van der Waals surface area contributed by atoms with Gasteiger partial charge in [-0.05, 0) is 31.9 Å². The summed E-state index contributed by atoms with van der Waals surface area (Å²) in [5, 5.41) is 13.8. The molecule has 3 aliphatic rings. The second kappa shape index (κ2) is 8.60. The molecule has 25 heavy (non-hydrogen) atoms. The molecular formula is C17H30N4O3S. The first-order valence-corrected chi connectivity index (χ1v) is 10.5. The molecule has 2 N–H and O–H groups in total. The Hall–Kier alpha value is -0.990. The van der Waals surface area contributed by atoms with Crippen molar-refractivity contribution < 1.29 is 14.6 Å². The molecule has 0 aromatic heterocycles. The first-order valence-electron chi connectivity index (χ1n) is 9.35. The number of carbonyl (C=O) groups is 1. The van der Waals surface area contributed by atoms with Crippen molar-refractivity contribution in [2.45, 2.75) is 37.9 Å². The van der Waals surface area contributed by atoms with Gasteiger partial charge in [-0.3, -0.25) is 9.79 Å². The number of thioether (sulfide) groups is 1. The van der Waals surface area contributed by atoms with Crippen LogP contribution in [0.3, 0.4) is 0 Å². The maximum atomic E-state index is 12.4. The summed E-state index contributed by atoms with van der Waals surface area (Å²) in [7, 11) is 0. The van der Waals surface area contributed by atoms with E-state index in [0.717, 1.165) is 56.4 Å². The lowest BCUT2D eigenvalue weighted by molar-refractivity contribution is -0.142. The van der Waals surface area contributed by atoms with Crippen molar-refractivity contribution in [3.8, 4) is 0 Å². The number of piperazine rings is 1. The highest BCUT2D eigenvalue weighted by atomic mass is 32.2. The SMILES string of the molecule is CCNC(=NCC1(O)CCSC1)N1CCN(C(=O)C2CCCO2)CC1. The van der Waals surface area contributed by atoms with Crippen molar-refractivity contribution in [3.05, 3.63) is 0 Å². The maximum absolute atomic E-state index is 12.4.